The highest BCUT2D eigenvalue weighted by Gasteiger charge is 2.25. The lowest BCUT2D eigenvalue weighted by Gasteiger charge is -2.22. The van der Waals surface area contributed by atoms with Gasteiger partial charge < -0.3 is 4.84 Å². The lowest BCUT2D eigenvalue weighted by Crippen LogP contribution is -2.28. The first-order valence-electron chi connectivity index (χ1n) is 5.96. The van der Waals surface area contributed by atoms with Gasteiger partial charge in [0.15, 0.2) is 0 Å². The molecule has 4 heteroatoms. The van der Waals surface area contributed by atoms with Crippen LogP contribution in [0.15, 0.2) is 36.4 Å². The van der Waals surface area contributed by atoms with E-state index in [1.807, 2.05) is 29.9 Å². The number of hydrogen-bond acceptors (Lipinski definition) is 3. The summed E-state index contributed by atoms with van der Waals surface area (Å²) < 4.78 is 1.89. The van der Waals surface area contributed by atoms with Crippen LogP contribution in [0.2, 0.25) is 0 Å². The summed E-state index contributed by atoms with van der Waals surface area (Å²) in [6.07, 6.45) is 0. The van der Waals surface area contributed by atoms with Gasteiger partial charge in [-0.25, -0.2) is 5.90 Å². The molecular weight excluding hydrogens is 226 g/mol. The van der Waals surface area contributed by atoms with Gasteiger partial charge in [-0.2, -0.15) is 5.10 Å². The van der Waals surface area contributed by atoms with E-state index in [2.05, 4.69) is 37.1 Å². The standard InChI is InChI=1S/C14H19N3O/c1-14(2,10-18-15)13-9-12(16-17(13)3)11-7-5-4-6-8-11/h4-9H,10,15H2,1-3H3. The van der Waals surface area contributed by atoms with Gasteiger partial charge in [0.1, 0.15) is 0 Å². The lowest BCUT2D eigenvalue weighted by molar-refractivity contribution is 0.0935. The summed E-state index contributed by atoms with van der Waals surface area (Å²) in [6, 6.07) is 12.2. The Labute approximate surface area is 107 Å². The number of nitrogens with two attached hydrogens (primary N) is 1. The molecular formula is C14H19N3O. The summed E-state index contributed by atoms with van der Waals surface area (Å²) in [5, 5.41) is 4.55. The van der Waals surface area contributed by atoms with Crippen molar-refractivity contribution in [3.05, 3.63) is 42.1 Å². The molecule has 96 valence electrons. The Balaban J connectivity index is 2.39. The molecule has 0 aliphatic heterocycles. The number of aryl methyl sites for hydroxylation is 1. The van der Waals surface area contributed by atoms with Crippen LogP contribution in [0.1, 0.15) is 19.5 Å². The second-order valence-electron chi connectivity index (χ2n) is 5.10. The summed E-state index contributed by atoms with van der Waals surface area (Å²) in [6.45, 7) is 4.64. The second-order valence-corrected chi connectivity index (χ2v) is 5.10. The Hall–Kier alpha value is -1.65. The predicted molar refractivity (Wildman–Crippen MR) is 71.8 cm³/mol. The van der Waals surface area contributed by atoms with E-state index in [1.165, 1.54) is 0 Å². The highest BCUT2D eigenvalue weighted by atomic mass is 16.6. The van der Waals surface area contributed by atoms with Gasteiger partial charge in [0.05, 0.1) is 12.3 Å². The average molecular weight is 245 g/mol. The minimum atomic E-state index is -0.163. The normalized spacial score (nSPS) is 11.8. The zero-order valence-corrected chi connectivity index (χ0v) is 11.1. The molecule has 0 saturated heterocycles. The first kappa shape index (κ1) is 12.8. The van der Waals surface area contributed by atoms with E-state index in [0.29, 0.717) is 6.61 Å². The van der Waals surface area contributed by atoms with Crippen LogP contribution >= 0.6 is 0 Å². The Morgan fingerprint density at radius 3 is 2.56 bits per heavy atom. The van der Waals surface area contributed by atoms with Gasteiger partial charge >= 0.3 is 0 Å². The van der Waals surface area contributed by atoms with E-state index in [-0.39, 0.29) is 5.41 Å². The molecule has 18 heavy (non-hydrogen) atoms. The largest absolute Gasteiger partial charge is 0.304 e. The summed E-state index contributed by atoms with van der Waals surface area (Å²) >= 11 is 0. The maximum absolute atomic E-state index is 5.19. The van der Waals surface area contributed by atoms with Crippen LogP contribution in [0, 0.1) is 0 Å². The van der Waals surface area contributed by atoms with Gasteiger partial charge in [-0.1, -0.05) is 44.2 Å². The van der Waals surface area contributed by atoms with Gasteiger partial charge in [0.2, 0.25) is 0 Å². The second kappa shape index (κ2) is 4.92. The third-order valence-corrected chi connectivity index (χ3v) is 3.09. The van der Waals surface area contributed by atoms with E-state index < -0.39 is 0 Å². The number of nitrogens with zero attached hydrogens (tertiary/aromatic N) is 2. The Kier molecular flexibility index (Phi) is 3.50. The van der Waals surface area contributed by atoms with Crippen LogP contribution in [0.25, 0.3) is 11.3 Å². The fourth-order valence-corrected chi connectivity index (χ4v) is 2.13. The van der Waals surface area contributed by atoms with Crippen molar-refractivity contribution >= 4 is 0 Å². The van der Waals surface area contributed by atoms with E-state index in [0.717, 1.165) is 17.0 Å². The van der Waals surface area contributed by atoms with Gasteiger partial charge in [-0.3, -0.25) is 4.68 Å². The van der Waals surface area contributed by atoms with E-state index in [1.54, 1.807) is 0 Å². The quantitative estimate of drug-likeness (QED) is 0.841. The number of aromatic nitrogens is 2. The molecule has 1 aromatic heterocycles. The van der Waals surface area contributed by atoms with Crippen molar-refractivity contribution in [1.82, 2.24) is 9.78 Å². The smallest absolute Gasteiger partial charge is 0.0926 e. The van der Waals surface area contributed by atoms with Crippen LogP contribution in [0.3, 0.4) is 0 Å². The highest BCUT2D eigenvalue weighted by molar-refractivity contribution is 5.59. The number of benzene rings is 1. The summed E-state index contributed by atoms with van der Waals surface area (Å²) in [4.78, 5) is 4.79. The molecule has 2 rings (SSSR count). The Morgan fingerprint density at radius 1 is 1.28 bits per heavy atom. The molecule has 0 atom stereocenters. The molecule has 0 unspecified atom stereocenters. The van der Waals surface area contributed by atoms with Crippen molar-refractivity contribution in [2.45, 2.75) is 19.3 Å². The average Bonchev–Trinajstić information content (AvgIpc) is 2.73. The molecule has 2 aromatic rings. The predicted octanol–water partition coefficient (Wildman–Crippen LogP) is 2.25. The fraction of sp³-hybridized carbons (Fsp3) is 0.357. The third kappa shape index (κ3) is 2.44. The van der Waals surface area contributed by atoms with E-state index in [4.69, 9.17) is 10.7 Å². The van der Waals surface area contributed by atoms with Crippen molar-refractivity contribution in [3.8, 4) is 11.3 Å². The summed E-state index contributed by atoms with van der Waals surface area (Å²) in [7, 11) is 1.94. The topological polar surface area (TPSA) is 53.1 Å². The van der Waals surface area contributed by atoms with Crippen molar-refractivity contribution in [2.24, 2.45) is 12.9 Å². The zero-order valence-electron chi connectivity index (χ0n) is 11.1. The molecule has 0 amide bonds. The monoisotopic (exact) mass is 245 g/mol. The van der Waals surface area contributed by atoms with Gasteiger partial charge in [-0.05, 0) is 6.07 Å². The van der Waals surface area contributed by atoms with Crippen LogP contribution in [0.4, 0.5) is 0 Å². The van der Waals surface area contributed by atoms with Crippen molar-refractivity contribution < 1.29 is 4.84 Å². The van der Waals surface area contributed by atoms with Crippen LogP contribution in [-0.4, -0.2) is 16.4 Å². The molecule has 0 aliphatic carbocycles. The van der Waals surface area contributed by atoms with Crippen LogP contribution in [0.5, 0.6) is 0 Å². The van der Waals surface area contributed by atoms with Crippen LogP contribution in [-0.2, 0) is 17.3 Å². The zero-order chi connectivity index (χ0) is 13.2. The molecule has 0 radical (unpaired) electrons. The first-order chi connectivity index (χ1) is 8.54. The number of hydrogen-bond donors (Lipinski definition) is 1. The summed E-state index contributed by atoms with van der Waals surface area (Å²) in [5.74, 6) is 5.19. The van der Waals surface area contributed by atoms with Crippen molar-refractivity contribution in [3.63, 3.8) is 0 Å². The van der Waals surface area contributed by atoms with Crippen molar-refractivity contribution in [1.29, 1.82) is 0 Å². The molecule has 1 aromatic carbocycles. The molecule has 4 nitrogen and oxygen atoms in total. The van der Waals surface area contributed by atoms with Gasteiger partial charge in [-0.15, -0.1) is 0 Å². The minimum absolute atomic E-state index is 0.163. The first-order valence-corrected chi connectivity index (χ1v) is 5.96. The number of rotatable bonds is 4. The lowest BCUT2D eigenvalue weighted by atomic mass is 9.90. The maximum Gasteiger partial charge on any atom is 0.0926 e. The Bertz CT molecular complexity index is 517. The van der Waals surface area contributed by atoms with Crippen molar-refractivity contribution in [2.75, 3.05) is 6.61 Å². The SMILES string of the molecule is Cn1nc(-c2ccccc2)cc1C(C)(C)CON. The molecule has 2 N–H and O–H groups in total. The van der Waals surface area contributed by atoms with E-state index in [9.17, 15) is 0 Å². The van der Waals surface area contributed by atoms with E-state index >= 15 is 0 Å². The molecule has 0 aliphatic rings. The van der Waals surface area contributed by atoms with Crippen LogP contribution < -0.4 is 5.90 Å². The molecule has 1 heterocycles. The Morgan fingerprint density at radius 2 is 1.94 bits per heavy atom. The third-order valence-electron chi connectivity index (χ3n) is 3.09. The molecule has 0 fully saturated rings. The van der Waals surface area contributed by atoms with Gasteiger partial charge in [0.25, 0.3) is 0 Å². The fourth-order valence-electron chi connectivity index (χ4n) is 2.13. The maximum atomic E-state index is 5.19. The molecule has 0 saturated carbocycles. The molecule has 0 spiro atoms. The highest BCUT2D eigenvalue weighted by Crippen LogP contribution is 2.27. The van der Waals surface area contributed by atoms with Gasteiger partial charge in [0, 0.05) is 23.7 Å². The molecule has 0 bridgehead atoms. The summed E-state index contributed by atoms with van der Waals surface area (Å²) in [5.41, 5.74) is 3.03. The minimum Gasteiger partial charge on any atom is -0.304 e.